The topological polar surface area (TPSA) is 65.5 Å². The van der Waals surface area contributed by atoms with Gasteiger partial charge in [0.25, 0.3) is 0 Å². The largest absolute Gasteiger partial charge is 0.481 e. The van der Waals surface area contributed by atoms with Gasteiger partial charge in [0.05, 0.1) is 12.1 Å². The van der Waals surface area contributed by atoms with Gasteiger partial charge < -0.3 is 15.3 Å². The van der Waals surface area contributed by atoms with Crippen LogP contribution in [0.1, 0.15) is 12.1 Å². The number of aliphatic carboxylic acids is 1. The normalized spacial score (nSPS) is 20.6. The van der Waals surface area contributed by atoms with E-state index in [-0.39, 0.29) is 6.42 Å². The number of carbonyl (C=O) groups is 1. The third-order valence-corrected chi connectivity index (χ3v) is 3.76. The Balaban J connectivity index is 1.79. The molecule has 1 aromatic heterocycles. The molecule has 17 heavy (non-hydrogen) atoms. The van der Waals surface area contributed by atoms with Crippen molar-refractivity contribution in [2.45, 2.75) is 12.8 Å². The first-order chi connectivity index (χ1) is 8.13. The van der Waals surface area contributed by atoms with Gasteiger partial charge in [-0.1, -0.05) is 0 Å². The summed E-state index contributed by atoms with van der Waals surface area (Å²) in [7, 11) is 2.13. The standard InChI is InChI=1S/C11H17N3O2S/c1-14-3-2-8(6-14)5-12-11-13-9(7-17-11)4-10(15)16/h7-8H,2-6H2,1H3,(H,12,13)(H,15,16). The monoisotopic (exact) mass is 255 g/mol. The molecule has 1 aliphatic rings. The number of rotatable bonds is 5. The number of carboxylic acid groups (broad SMARTS) is 1. The van der Waals surface area contributed by atoms with Crippen molar-refractivity contribution in [3.63, 3.8) is 0 Å². The first kappa shape index (κ1) is 12.3. The second-order valence-corrected chi connectivity index (χ2v) is 5.37. The molecule has 0 aromatic carbocycles. The first-order valence-electron chi connectivity index (χ1n) is 5.72. The van der Waals surface area contributed by atoms with Crippen molar-refractivity contribution >= 4 is 22.4 Å². The Labute approximate surface area is 104 Å². The number of nitrogens with one attached hydrogen (secondary N) is 1. The Hall–Kier alpha value is -1.14. The van der Waals surface area contributed by atoms with E-state index in [0.717, 1.165) is 24.8 Å². The van der Waals surface area contributed by atoms with Crippen LogP contribution in [0.3, 0.4) is 0 Å². The summed E-state index contributed by atoms with van der Waals surface area (Å²) in [5.74, 6) is -0.161. The van der Waals surface area contributed by atoms with Gasteiger partial charge in [0, 0.05) is 18.5 Å². The maximum absolute atomic E-state index is 10.5. The lowest BCUT2D eigenvalue weighted by Gasteiger charge is -2.10. The highest BCUT2D eigenvalue weighted by Gasteiger charge is 2.19. The number of hydrogen-bond donors (Lipinski definition) is 2. The predicted octanol–water partition coefficient (Wildman–Crippen LogP) is 1.13. The first-order valence-corrected chi connectivity index (χ1v) is 6.60. The second kappa shape index (κ2) is 5.46. The lowest BCUT2D eigenvalue weighted by molar-refractivity contribution is -0.136. The van der Waals surface area contributed by atoms with Gasteiger partial charge >= 0.3 is 5.97 Å². The van der Waals surface area contributed by atoms with Gasteiger partial charge in [0.2, 0.25) is 0 Å². The number of nitrogens with zero attached hydrogens (tertiary/aromatic N) is 2. The summed E-state index contributed by atoms with van der Waals surface area (Å²) in [6.07, 6.45) is 1.22. The van der Waals surface area contributed by atoms with Crippen LogP contribution in [0.25, 0.3) is 0 Å². The molecule has 0 amide bonds. The van der Waals surface area contributed by atoms with E-state index in [0.29, 0.717) is 11.6 Å². The minimum atomic E-state index is -0.834. The van der Waals surface area contributed by atoms with Crippen molar-refractivity contribution in [2.75, 3.05) is 32.0 Å². The summed E-state index contributed by atoms with van der Waals surface area (Å²) in [5.41, 5.74) is 0.633. The number of anilines is 1. The van der Waals surface area contributed by atoms with Crippen molar-refractivity contribution in [3.05, 3.63) is 11.1 Å². The molecule has 1 fully saturated rings. The van der Waals surface area contributed by atoms with Gasteiger partial charge in [-0.05, 0) is 25.9 Å². The maximum Gasteiger partial charge on any atom is 0.309 e. The molecule has 0 aliphatic carbocycles. The summed E-state index contributed by atoms with van der Waals surface area (Å²) in [5, 5.41) is 14.6. The van der Waals surface area contributed by atoms with Gasteiger partial charge in [-0.15, -0.1) is 11.3 Å². The second-order valence-electron chi connectivity index (χ2n) is 4.51. The van der Waals surface area contributed by atoms with Crippen LogP contribution in [0.2, 0.25) is 0 Å². The molecule has 2 heterocycles. The van der Waals surface area contributed by atoms with Crippen molar-refractivity contribution in [2.24, 2.45) is 5.92 Å². The van der Waals surface area contributed by atoms with Gasteiger partial charge in [-0.2, -0.15) is 0 Å². The van der Waals surface area contributed by atoms with E-state index in [1.165, 1.54) is 17.8 Å². The van der Waals surface area contributed by atoms with E-state index in [1.54, 1.807) is 5.38 Å². The zero-order valence-electron chi connectivity index (χ0n) is 9.85. The lowest BCUT2D eigenvalue weighted by atomic mass is 10.1. The Kier molecular flexibility index (Phi) is 3.96. The summed E-state index contributed by atoms with van der Waals surface area (Å²) in [6.45, 7) is 3.21. The summed E-state index contributed by atoms with van der Waals surface area (Å²) in [4.78, 5) is 17.1. The fraction of sp³-hybridized carbons (Fsp3) is 0.636. The Morgan fingerprint density at radius 1 is 1.76 bits per heavy atom. The fourth-order valence-electron chi connectivity index (χ4n) is 2.05. The Bertz CT molecular complexity index is 394. The average Bonchev–Trinajstić information content (AvgIpc) is 2.84. The molecule has 1 saturated heterocycles. The highest BCUT2D eigenvalue weighted by molar-refractivity contribution is 7.13. The fourth-order valence-corrected chi connectivity index (χ4v) is 2.77. The van der Waals surface area contributed by atoms with Crippen LogP contribution in [0, 0.1) is 5.92 Å². The maximum atomic E-state index is 10.5. The van der Waals surface area contributed by atoms with Gasteiger partial charge in [0.1, 0.15) is 0 Å². The Morgan fingerprint density at radius 3 is 3.24 bits per heavy atom. The smallest absolute Gasteiger partial charge is 0.309 e. The molecule has 2 N–H and O–H groups in total. The number of likely N-dealkylation sites (tertiary alicyclic amines) is 1. The third-order valence-electron chi connectivity index (χ3n) is 2.91. The molecule has 6 heteroatoms. The van der Waals surface area contributed by atoms with Crippen LogP contribution in [0.15, 0.2) is 5.38 Å². The Morgan fingerprint density at radius 2 is 2.59 bits per heavy atom. The number of hydrogen-bond acceptors (Lipinski definition) is 5. The number of carboxylic acids is 1. The third kappa shape index (κ3) is 3.67. The minimum absolute atomic E-state index is 0.00431. The highest BCUT2D eigenvalue weighted by Crippen LogP contribution is 2.19. The predicted molar refractivity (Wildman–Crippen MR) is 67.5 cm³/mol. The molecule has 1 aliphatic heterocycles. The summed E-state index contributed by atoms with van der Waals surface area (Å²) < 4.78 is 0. The van der Waals surface area contributed by atoms with Gasteiger partial charge in [-0.25, -0.2) is 4.98 Å². The zero-order valence-corrected chi connectivity index (χ0v) is 10.7. The van der Waals surface area contributed by atoms with Crippen molar-refractivity contribution in [1.29, 1.82) is 0 Å². The highest BCUT2D eigenvalue weighted by atomic mass is 32.1. The molecule has 0 spiro atoms. The quantitative estimate of drug-likeness (QED) is 0.826. The van der Waals surface area contributed by atoms with Crippen molar-refractivity contribution in [1.82, 2.24) is 9.88 Å². The van der Waals surface area contributed by atoms with E-state index in [1.807, 2.05) is 0 Å². The molecular weight excluding hydrogens is 238 g/mol. The molecule has 1 aromatic rings. The van der Waals surface area contributed by atoms with Crippen LogP contribution in [0.4, 0.5) is 5.13 Å². The lowest BCUT2D eigenvalue weighted by Crippen LogP contribution is -2.19. The molecule has 1 atom stereocenters. The van der Waals surface area contributed by atoms with Crippen molar-refractivity contribution in [3.8, 4) is 0 Å². The molecule has 2 rings (SSSR count). The van der Waals surface area contributed by atoms with Crippen LogP contribution in [-0.2, 0) is 11.2 Å². The SMILES string of the molecule is CN1CCC(CNc2nc(CC(=O)O)cs2)C1. The van der Waals surface area contributed by atoms with E-state index in [9.17, 15) is 4.79 Å². The molecule has 94 valence electrons. The molecule has 5 nitrogen and oxygen atoms in total. The summed E-state index contributed by atoms with van der Waals surface area (Å²) in [6, 6.07) is 0. The molecule has 0 saturated carbocycles. The zero-order chi connectivity index (χ0) is 12.3. The molecule has 0 radical (unpaired) electrons. The molecular formula is C11H17N3O2S. The van der Waals surface area contributed by atoms with Crippen LogP contribution in [-0.4, -0.2) is 47.6 Å². The minimum Gasteiger partial charge on any atom is -0.481 e. The summed E-state index contributed by atoms with van der Waals surface area (Å²) >= 11 is 1.48. The van der Waals surface area contributed by atoms with E-state index in [4.69, 9.17) is 5.11 Å². The molecule has 1 unspecified atom stereocenters. The molecule has 0 bridgehead atoms. The number of aromatic nitrogens is 1. The van der Waals surface area contributed by atoms with E-state index < -0.39 is 5.97 Å². The number of thiazole rings is 1. The average molecular weight is 255 g/mol. The van der Waals surface area contributed by atoms with Crippen LogP contribution >= 0.6 is 11.3 Å². The van der Waals surface area contributed by atoms with Gasteiger partial charge in [0.15, 0.2) is 5.13 Å². The van der Waals surface area contributed by atoms with Gasteiger partial charge in [-0.3, -0.25) is 4.79 Å². The van der Waals surface area contributed by atoms with Crippen LogP contribution < -0.4 is 5.32 Å². The van der Waals surface area contributed by atoms with Crippen LogP contribution in [0.5, 0.6) is 0 Å². The van der Waals surface area contributed by atoms with Crippen molar-refractivity contribution < 1.29 is 9.90 Å². The van der Waals surface area contributed by atoms with E-state index in [2.05, 4.69) is 22.2 Å². The van der Waals surface area contributed by atoms with E-state index >= 15 is 0 Å².